The third-order valence-electron chi connectivity index (χ3n) is 4.40. The van der Waals surface area contributed by atoms with Gasteiger partial charge in [0.1, 0.15) is 5.75 Å². The molecule has 0 amide bonds. The molecule has 0 aliphatic carbocycles. The number of rotatable bonds is 4. The molecule has 1 heterocycles. The van der Waals surface area contributed by atoms with Crippen molar-refractivity contribution in [3.63, 3.8) is 0 Å². The largest absolute Gasteiger partial charge is 0.497 e. The van der Waals surface area contributed by atoms with Crippen LogP contribution >= 0.6 is 0 Å². The van der Waals surface area contributed by atoms with E-state index in [-0.39, 0.29) is 5.41 Å². The van der Waals surface area contributed by atoms with Crippen molar-refractivity contribution in [1.29, 1.82) is 0 Å². The van der Waals surface area contributed by atoms with Gasteiger partial charge in [-0.15, -0.1) is 0 Å². The summed E-state index contributed by atoms with van der Waals surface area (Å²) >= 11 is 0. The number of nitrogens with one attached hydrogen (secondary N) is 1. The van der Waals surface area contributed by atoms with Crippen LogP contribution in [0.2, 0.25) is 0 Å². The van der Waals surface area contributed by atoms with Gasteiger partial charge >= 0.3 is 0 Å². The van der Waals surface area contributed by atoms with Crippen LogP contribution < -0.4 is 10.1 Å². The molecule has 1 aliphatic heterocycles. The number of aryl methyl sites for hydroxylation is 1. The van der Waals surface area contributed by atoms with Gasteiger partial charge in [-0.1, -0.05) is 6.92 Å². The van der Waals surface area contributed by atoms with E-state index in [1.54, 1.807) is 7.11 Å². The van der Waals surface area contributed by atoms with Crippen molar-refractivity contribution in [2.45, 2.75) is 33.1 Å². The molecule has 1 saturated heterocycles. The Bertz CT molecular complexity index is 462. The molecule has 3 heteroatoms. The molecule has 0 aromatic heterocycles. The lowest BCUT2D eigenvalue weighted by Gasteiger charge is -2.35. The zero-order valence-corrected chi connectivity index (χ0v) is 12.1. The second-order valence-corrected chi connectivity index (χ2v) is 5.39. The van der Waals surface area contributed by atoms with Crippen LogP contribution in [0.25, 0.3) is 0 Å². The Hall–Kier alpha value is -1.35. The van der Waals surface area contributed by atoms with Gasteiger partial charge in [-0.05, 0) is 63.0 Å². The Morgan fingerprint density at radius 3 is 2.58 bits per heavy atom. The summed E-state index contributed by atoms with van der Waals surface area (Å²) in [5.41, 5.74) is 1.69. The van der Waals surface area contributed by atoms with Gasteiger partial charge in [0.15, 0.2) is 5.78 Å². The normalized spacial score (nSPS) is 18.1. The number of ketones is 1. The van der Waals surface area contributed by atoms with Crippen LogP contribution in [0.1, 0.15) is 42.1 Å². The number of piperidine rings is 1. The number of benzene rings is 1. The predicted octanol–water partition coefficient (Wildman–Crippen LogP) is 2.97. The molecule has 1 aliphatic rings. The van der Waals surface area contributed by atoms with Gasteiger partial charge in [-0.2, -0.15) is 0 Å². The van der Waals surface area contributed by atoms with Crippen molar-refractivity contribution in [2.24, 2.45) is 5.41 Å². The fraction of sp³-hybridized carbons (Fsp3) is 0.562. The standard InChI is InChI=1S/C16H23NO2/c1-4-16(7-9-17-10-8-16)15(18)14-6-5-13(19-3)11-12(14)2/h5-6,11,17H,4,7-10H2,1-3H3. The van der Waals surface area contributed by atoms with Crippen LogP contribution in [0.15, 0.2) is 18.2 Å². The minimum absolute atomic E-state index is 0.176. The molecule has 0 atom stereocenters. The van der Waals surface area contributed by atoms with E-state index in [9.17, 15) is 4.79 Å². The highest BCUT2D eigenvalue weighted by Gasteiger charge is 2.38. The first-order valence-electron chi connectivity index (χ1n) is 7.03. The van der Waals surface area contributed by atoms with E-state index in [0.717, 1.165) is 49.2 Å². The maximum absolute atomic E-state index is 12.9. The zero-order chi connectivity index (χ0) is 13.9. The van der Waals surface area contributed by atoms with Crippen LogP contribution in [0.5, 0.6) is 5.75 Å². The summed E-state index contributed by atoms with van der Waals surface area (Å²) in [6.45, 7) is 5.99. The highest BCUT2D eigenvalue weighted by atomic mass is 16.5. The number of hydrogen-bond acceptors (Lipinski definition) is 3. The lowest BCUT2D eigenvalue weighted by molar-refractivity contribution is 0.0717. The third-order valence-corrected chi connectivity index (χ3v) is 4.40. The Morgan fingerprint density at radius 1 is 1.37 bits per heavy atom. The molecule has 0 bridgehead atoms. The van der Waals surface area contributed by atoms with Crippen molar-refractivity contribution < 1.29 is 9.53 Å². The number of carbonyl (C=O) groups excluding carboxylic acids is 1. The summed E-state index contributed by atoms with van der Waals surface area (Å²) in [7, 11) is 1.65. The molecular weight excluding hydrogens is 238 g/mol. The second-order valence-electron chi connectivity index (χ2n) is 5.39. The summed E-state index contributed by atoms with van der Waals surface area (Å²) < 4.78 is 5.21. The van der Waals surface area contributed by atoms with Gasteiger partial charge in [-0.25, -0.2) is 0 Å². The molecule has 0 saturated carbocycles. The molecule has 1 N–H and O–H groups in total. The first kappa shape index (κ1) is 14.1. The first-order chi connectivity index (χ1) is 9.13. The van der Waals surface area contributed by atoms with Gasteiger partial charge in [0, 0.05) is 11.0 Å². The van der Waals surface area contributed by atoms with Crippen LogP contribution in [-0.2, 0) is 0 Å². The van der Waals surface area contributed by atoms with Crippen LogP contribution in [0, 0.1) is 12.3 Å². The van der Waals surface area contributed by atoms with Gasteiger partial charge in [-0.3, -0.25) is 4.79 Å². The van der Waals surface area contributed by atoms with Crippen molar-refractivity contribution in [2.75, 3.05) is 20.2 Å². The van der Waals surface area contributed by atoms with Crippen molar-refractivity contribution in [1.82, 2.24) is 5.32 Å². The van der Waals surface area contributed by atoms with E-state index in [2.05, 4.69) is 12.2 Å². The molecule has 104 valence electrons. The van der Waals surface area contributed by atoms with Crippen LogP contribution in [0.4, 0.5) is 0 Å². The average Bonchev–Trinajstić information content (AvgIpc) is 2.47. The lowest BCUT2D eigenvalue weighted by Crippen LogP contribution is -2.42. The molecule has 1 aromatic rings. The Balaban J connectivity index is 2.32. The molecule has 1 fully saturated rings. The summed E-state index contributed by atoms with van der Waals surface area (Å²) in [6.07, 6.45) is 2.79. The van der Waals surface area contributed by atoms with E-state index in [4.69, 9.17) is 4.74 Å². The molecule has 19 heavy (non-hydrogen) atoms. The van der Waals surface area contributed by atoms with Gasteiger partial charge in [0.25, 0.3) is 0 Å². The van der Waals surface area contributed by atoms with Gasteiger partial charge in [0.05, 0.1) is 7.11 Å². The van der Waals surface area contributed by atoms with Crippen LogP contribution in [-0.4, -0.2) is 26.0 Å². The Labute approximate surface area is 115 Å². The van der Waals surface area contributed by atoms with E-state index in [0.29, 0.717) is 5.78 Å². The van der Waals surface area contributed by atoms with E-state index in [1.165, 1.54) is 0 Å². The van der Waals surface area contributed by atoms with Crippen molar-refractivity contribution >= 4 is 5.78 Å². The second kappa shape index (κ2) is 5.74. The molecule has 3 nitrogen and oxygen atoms in total. The maximum Gasteiger partial charge on any atom is 0.169 e. The number of methoxy groups -OCH3 is 1. The van der Waals surface area contributed by atoms with E-state index >= 15 is 0 Å². The minimum Gasteiger partial charge on any atom is -0.497 e. The third kappa shape index (κ3) is 2.66. The zero-order valence-electron chi connectivity index (χ0n) is 12.1. The van der Waals surface area contributed by atoms with Gasteiger partial charge < -0.3 is 10.1 Å². The molecule has 0 spiro atoms. The summed E-state index contributed by atoms with van der Waals surface area (Å²) in [5, 5.41) is 3.34. The topological polar surface area (TPSA) is 38.3 Å². The van der Waals surface area contributed by atoms with Crippen molar-refractivity contribution in [3.8, 4) is 5.75 Å². The number of hydrogen-bond donors (Lipinski definition) is 1. The minimum atomic E-state index is -0.176. The summed E-state index contributed by atoms with van der Waals surface area (Å²) in [5.74, 6) is 1.11. The van der Waals surface area contributed by atoms with E-state index < -0.39 is 0 Å². The number of carbonyl (C=O) groups is 1. The molecule has 0 radical (unpaired) electrons. The highest BCUT2D eigenvalue weighted by molar-refractivity contribution is 6.01. The Morgan fingerprint density at radius 2 is 2.05 bits per heavy atom. The summed E-state index contributed by atoms with van der Waals surface area (Å²) in [6, 6.07) is 5.73. The number of ether oxygens (including phenoxy) is 1. The van der Waals surface area contributed by atoms with Gasteiger partial charge in [0.2, 0.25) is 0 Å². The van der Waals surface area contributed by atoms with Crippen LogP contribution in [0.3, 0.4) is 0 Å². The van der Waals surface area contributed by atoms with E-state index in [1.807, 2.05) is 25.1 Å². The fourth-order valence-corrected chi connectivity index (χ4v) is 2.95. The summed E-state index contributed by atoms with van der Waals surface area (Å²) in [4.78, 5) is 12.9. The fourth-order valence-electron chi connectivity index (χ4n) is 2.95. The maximum atomic E-state index is 12.9. The molecule has 1 aromatic carbocycles. The van der Waals surface area contributed by atoms with Crippen molar-refractivity contribution in [3.05, 3.63) is 29.3 Å². The smallest absolute Gasteiger partial charge is 0.169 e. The molecule has 2 rings (SSSR count). The average molecular weight is 261 g/mol. The first-order valence-corrected chi connectivity index (χ1v) is 7.03. The monoisotopic (exact) mass is 261 g/mol. The highest BCUT2D eigenvalue weighted by Crippen LogP contribution is 2.37. The number of Topliss-reactive ketones (excluding diaryl/α,β-unsaturated/α-hetero) is 1. The molecule has 0 unspecified atom stereocenters. The predicted molar refractivity (Wildman–Crippen MR) is 76.9 cm³/mol. The lowest BCUT2D eigenvalue weighted by atomic mass is 9.71. The SMILES string of the molecule is CCC1(C(=O)c2ccc(OC)cc2C)CCNCC1. The Kier molecular flexibility index (Phi) is 4.25. The quantitative estimate of drug-likeness (QED) is 0.847. The molecular formula is C16H23NO2.